The number of hydrogen-bond donors (Lipinski definition) is 1. The molecule has 3 heterocycles. The van der Waals surface area contributed by atoms with E-state index in [-0.39, 0.29) is 11.7 Å². The van der Waals surface area contributed by atoms with E-state index >= 15 is 0 Å². The molecule has 0 aliphatic heterocycles. The smallest absolute Gasteiger partial charge is 0.280 e. The van der Waals surface area contributed by atoms with Gasteiger partial charge in [0, 0.05) is 23.3 Å². The van der Waals surface area contributed by atoms with Crippen LogP contribution in [-0.2, 0) is 0 Å². The largest absolute Gasteiger partial charge is 0.382 e. The van der Waals surface area contributed by atoms with Crippen molar-refractivity contribution in [2.45, 2.75) is 6.92 Å². The first kappa shape index (κ1) is 13.4. The maximum atomic E-state index is 12.7. The number of anilines is 1. The van der Waals surface area contributed by atoms with Gasteiger partial charge in [-0.05, 0) is 36.8 Å². The number of nitrogens with zero attached hydrogens (tertiary/aromatic N) is 4. The lowest BCUT2D eigenvalue weighted by Crippen LogP contribution is -2.14. The molecule has 0 amide bonds. The molecule has 0 spiro atoms. The molecule has 23 heavy (non-hydrogen) atoms. The first-order valence-electron chi connectivity index (χ1n) is 7.14. The van der Waals surface area contributed by atoms with Gasteiger partial charge >= 0.3 is 0 Å². The molecule has 112 valence electrons. The average molecular weight is 303 g/mol. The van der Waals surface area contributed by atoms with Gasteiger partial charge in [-0.1, -0.05) is 12.1 Å². The Bertz CT molecular complexity index is 1050. The minimum absolute atomic E-state index is 0.284. The van der Waals surface area contributed by atoms with Gasteiger partial charge in [-0.3, -0.25) is 9.78 Å². The van der Waals surface area contributed by atoms with Crippen LogP contribution in [0.4, 0.5) is 5.82 Å². The molecule has 0 aliphatic rings. The number of rotatable bonds is 1. The minimum atomic E-state index is -0.284. The number of benzene rings is 1. The predicted molar refractivity (Wildman–Crippen MR) is 88.1 cm³/mol. The molecule has 4 rings (SSSR count). The second-order valence-corrected chi connectivity index (χ2v) is 5.39. The molecule has 3 aromatic heterocycles. The first-order chi connectivity index (χ1) is 11.1. The lowest BCUT2D eigenvalue weighted by Gasteiger charge is -2.03. The highest BCUT2D eigenvalue weighted by atomic mass is 16.2. The highest BCUT2D eigenvalue weighted by Crippen LogP contribution is 2.25. The van der Waals surface area contributed by atoms with Crippen LogP contribution in [0.2, 0.25) is 0 Å². The Balaban J connectivity index is 1.98. The molecule has 1 aromatic carbocycles. The van der Waals surface area contributed by atoms with E-state index < -0.39 is 0 Å². The topological polar surface area (TPSA) is 86.7 Å². The van der Waals surface area contributed by atoms with Gasteiger partial charge in [-0.25, -0.2) is 4.98 Å². The summed E-state index contributed by atoms with van der Waals surface area (Å²) in [4.78, 5) is 21.2. The summed E-state index contributed by atoms with van der Waals surface area (Å²) in [5.41, 5.74) is 8.83. The number of aryl methyl sites for hydroxylation is 1. The predicted octanol–water partition coefficient (Wildman–Crippen LogP) is 2.56. The van der Waals surface area contributed by atoms with Gasteiger partial charge in [0.2, 0.25) is 0 Å². The van der Waals surface area contributed by atoms with Crippen LogP contribution >= 0.6 is 0 Å². The number of nitrogen functional groups attached to an aromatic ring is 1. The standard InChI is InChI=1S/C17H13N5O/c1-10-2-3-12-9-13-15(18)21-22(16(13)20-14(12)8-10)17(23)11-4-6-19-7-5-11/h2-9H,1H3,(H2,18,21). The maximum Gasteiger partial charge on any atom is 0.280 e. The molecule has 0 bridgehead atoms. The molecule has 0 atom stereocenters. The van der Waals surface area contributed by atoms with Crippen LogP contribution in [-0.4, -0.2) is 25.7 Å². The van der Waals surface area contributed by atoms with E-state index in [4.69, 9.17) is 5.73 Å². The van der Waals surface area contributed by atoms with Crippen molar-refractivity contribution in [3.05, 3.63) is 59.9 Å². The molecule has 4 aromatic rings. The van der Waals surface area contributed by atoms with Crippen molar-refractivity contribution in [1.82, 2.24) is 19.7 Å². The molecule has 6 nitrogen and oxygen atoms in total. The fourth-order valence-corrected chi connectivity index (χ4v) is 2.58. The molecule has 0 unspecified atom stereocenters. The van der Waals surface area contributed by atoms with Gasteiger partial charge in [0.05, 0.1) is 10.9 Å². The summed E-state index contributed by atoms with van der Waals surface area (Å²) in [5, 5.41) is 5.81. The average Bonchev–Trinajstić information content (AvgIpc) is 2.89. The van der Waals surface area contributed by atoms with E-state index in [1.165, 1.54) is 4.68 Å². The normalized spacial score (nSPS) is 11.2. The number of aromatic nitrogens is 4. The Hall–Kier alpha value is -3.28. The summed E-state index contributed by atoms with van der Waals surface area (Å²) in [6, 6.07) is 11.2. The number of pyridine rings is 2. The summed E-state index contributed by atoms with van der Waals surface area (Å²) >= 11 is 0. The van der Waals surface area contributed by atoms with Crippen molar-refractivity contribution in [2.75, 3.05) is 5.73 Å². The number of hydrogen-bond acceptors (Lipinski definition) is 5. The monoisotopic (exact) mass is 303 g/mol. The Morgan fingerprint density at radius 1 is 1.13 bits per heavy atom. The highest BCUT2D eigenvalue weighted by molar-refractivity contribution is 6.04. The Morgan fingerprint density at radius 3 is 2.70 bits per heavy atom. The van der Waals surface area contributed by atoms with Gasteiger partial charge < -0.3 is 5.73 Å². The molecule has 0 fully saturated rings. The van der Waals surface area contributed by atoms with Crippen LogP contribution in [0.5, 0.6) is 0 Å². The summed E-state index contributed by atoms with van der Waals surface area (Å²) in [6.45, 7) is 2.00. The minimum Gasteiger partial charge on any atom is -0.382 e. The summed E-state index contributed by atoms with van der Waals surface area (Å²) in [7, 11) is 0. The first-order valence-corrected chi connectivity index (χ1v) is 7.14. The van der Waals surface area contributed by atoms with Gasteiger partial charge in [0.1, 0.15) is 0 Å². The number of carbonyl (C=O) groups is 1. The van der Waals surface area contributed by atoms with Crippen LogP contribution in [0.3, 0.4) is 0 Å². The van der Waals surface area contributed by atoms with E-state index in [1.54, 1.807) is 24.5 Å². The third-order valence-corrected chi connectivity index (χ3v) is 3.76. The van der Waals surface area contributed by atoms with Crippen molar-refractivity contribution < 1.29 is 4.79 Å². The van der Waals surface area contributed by atoms with Crippen LogP contribution in [0.25, 0.3) is 21.9 Å². The molecule has 6 heteroatoms. The fraction of sp³-hybridized carbons (Fsp3) is 0.0588. The van der Waals surface area contributed by atoms with Crippen molar-refractivity contribution in [3.8, 4) is 0 Å². The Kier molecular flexibility index (Phi) is 2.84. The lowest BCUT2D eigenvalue weighted by atomic mass is 10.1. The van der Waals surface area contributed by atoms with E-state index in [9.17, 15) is 4.79 Å². The lowest BCUT2D eigenvalue weighted by molar-refractivity contribution is 0.0950. The molecule has 2 N–H and O–H groups in total. The SMILES string of the molecule is Cc1ccc2cc3c(N)nn(C(=O)c4ccncc4)c3nc2c1. The molecular formula is C17H13N5O. The number of carbonyl (C=O) groups excluding carboxylic acids is 1. The Labute approximate surface area is 131 Å². The van der Waals surface area contributed by atoms with E-state index in [2.05, 4.69) is 15.1 Å². The van der Waals surface area contributed by atoms with Crippen LogP contribution in [0, 0.1) is 6.92 Å². The van der Waals surface area contributed by atoms with Gasteiger partial charge in [-0.2, -0.15) is 4.68 Å². The third kappa shape index (κ3) is 2.12. The molecule has 0 saturated carbocycles. The van der Waals surface area contributed by atoms with Crippen molar-refractivity contribution in [1.29, 1.82) is 0 Å². The molecule has 0 saturated heterocycles. The summed E-state index contributed by atoms with van der Waals surface area (Å²) in [5.74, 6) is 0.00554. The van der Waals surface area contributed by atoms with Crippen molar-refractivity contribution in [2.24, 2.45) is 0 Å². The zero-order chi connectivity index (χ0) is 16.0. The fourth-order valence-electron chi connectivity index (χ4n) is 2.58. The summed E-state index contributed by atoms with van der Waals surface area (Å²) < 4.78 is 1.25. The second kappa shape index (κ2) is 4.88. The summed E-state index contributed by atoms with van der Waals surface area (Å²) in [6.07, 6.45) is 3.13. The number of nitrogens with two attached hydrogens (primary N) is 1. The Morgan fingerprint density at radius 2 is 1.91 bits per heavy atom. The van der Waals surface area contributed by atoms with E-state index in [1.807, 2.05) is 31.2 Å². The van der Waals surface area contributed by atoms with Gasteiger partial charge in [0.25, 0.3) is 5.91 Å². The van der Waals surface area contributed by atoms with Gasteiger partial charge in [-0.15, -0.1) is 5.10 Å². The third-order valence-electron chi connectivity index (χ3n) is 3.76. The quantitative estimate of drug-likeness (QED) is 0.584. The number of fused-ring (bicyclic) bond motifs is 2. The zero-order valence-corrected chi connectivity index (χ0v) is 12.4. The molecule has 0 radical (unpaired) electrons. The van der Waals surface area contributed by atoms with Crippen LogP contribution < -0.4 is 5.73 Å². The highest BCUT2D eigenvalue weighted by Gasteiger charge is 2.17. The van der Waals surface area contributed by atoms with Gasteiger partial charge in [0.15, 0.2) is 11.5 Å². The van der Waals surface area contributed by atoms with Crippen molar-refractivity contribution >= 4 is 33.7 Å². The molecular weight excluding hydrogens is 290 g/mol. The van der Waals surface area contributed by atoms with Crippen LogP contribution in [0.15, 0.2) is 48.8 Å². The second-order valence-electron chi connectivity index (χ2n) is 5.39. The maximum absolute atomic E-state index is 12.7. The van der Waals surface area contributed by atoms with E-state index in [0.717, 1.165) is 16.5 Å². The van der Waals surface area contributed by atoms with Crippen molar-refractivity contribution in [3.63, 3.8) is 0 Å². The van der Waals surface area contributed by atoms with E-state index in [0.29, 0.717) is 16.6 Å². The molecule has 0 aliphatic carbocycles. The zero-order valence-electron chi connectivity index (χ0n) is 12.4. The van der Waals surface area contributed by atoms with Crippen LogP contribution in [0.1, 0.15) is 15.9 Å².